The first kappa shape index (κ1) is 14.7. The van der Waals surface area contributed by atoms with Gasteiger partial charge in [-0.3, -0.25) is 0 Å². The first-order valence-corrected chi connectivity index (χ1v) is 8.34. The van der Waals surface area contributed by atoms with Gasteiger partial charge < -0.3 is 10.2 Å². The van der Waals surface area contributed by atoms with Gasteiger partial charge in [0.1, 0.15) is 5.82 Å². The van der Waals surface area contributed by atoms with Gasteiger partial charge in [0.15, 0.2) is 0 Å². The summed E-state index contributed by atoms with van der Waals surface area (Å²) in [5, 5.41) is 3.38. The van der Waals surface area contributed by atoms with Crippen LogP contribution in [0.1, 0.15) is 18.4 Å². The van der Waals surface area contributed by atoms with Gasteiger partial charge in [0.05, 0.1) is 0 Å². The van der Waals surface area contributed by atoms with Crippen LogP contribution in [-0.2, 0) is 6.54 Å². The number of anilines is 3. The lowest BCUT2D eigenvalue weighted by molar-refractivity contribution is 0.932. The molecule has 0 bridgehead atoms. The van der Waals surface area contributed by atoms with Crippen LogP contribution in [0.2, 0.25) is 0 Å². The van der Waals surface area contributed by atoms with Gasteiger partial charge in [-0.25, -0.2) is 4.98 Å². The minimum atomic E-state index is 0.541. The van der Waals surface area contributed by atoms with Crippen molar-refractivity contribution in [2.75, 3.05) is 10.2 Å². The summed E-state index contributed by atoms with van der Waals surface area (Å²) in [4.78, 5) is 11.3. The van der Waals surface area contributed by atoms with Crippen LogP contribution in [0.5, 0.6) is 0 Å². The van der Waals surface area contributed by atoms with Crippen molar-refractivity contribution in [3.63, 3.8) is 0 Å². The van der Waals surface area contributed by atoms with Crippen LogP contribution < -0.4 is 10.2 Å². The fraction of sp³-hybridized carbons (Fsp3) is 0.200. The third-order valence-corrected chi connectivity index (χ3v) is 4.08. The number of para-hydroxylation sites is 1. The van der Waals surface area contributed by atoms with Crippen molar-refractivity contribution in [2.45, 2.75) is 25.4 Å². The largest absolute Gasteiger partial charge is 0.351 e. The first-order valence-electron chi connectivity index (χ1n) is 8.34. The molecule has 0 radical (unpaired) electrons. The standard InChI is InChI=1S/C20H20N4/c1-3-7-16(8-4-1)15-24(18-9-5-2-6-10-18)19-13-14-21-20(23-19)22-17-11-12-17/h1-10,13-14,17H,11-12,15H2,(H,21,22,23). The maximum Gasteiger partial charge on any atom is 0.224 e. The summed E-state index contributed by atoms with van der Waals surface area (Å²) in [6.45, 7) is 0.769. The molecule has 1 fully saturated rings. The molecule has 4 nitrogen and oxygen atoms in total. The van der Waals surface area contributed by atoms with E-state index in [1.807, 2.05) is 24.4 Å². The lowest BCUT2D eigenvalue weighted by Gasteiger charge is -2.24. The van der Waals surface area contributed by atoms with Gasteiger partial charge in [0, 0.05) is 24.5 Å². The normalized spacial score (nSPS) is 13.5. The second-order valence-corrected chi connectivity index (χ2v) is 6.06. The Morgan fingerprint density at radius 2 is 1.62 bits per heavy atom. The quantitative estimate of drug-likeness (QED) is 0.732. The zero-order valence-electron chi connectivity index (χ0n) is 13.5. The molecule has 120 valence electrons. The molecule has 1 N–H and O–H groups in total. The van der Waals surface area contributed by atoms with Crippen LogP contribution in [0.25, 0.3) is 0 Å². The van der Waals surface area contributed by atoms with Crippen molar-refractivity contribution < 1.29 is 0 Å². The monoisotopic (exact) mass is 316 g/mol. The SMILES string of the molecule is c1ccc(CN(c2ccccc2)c2ccnc(NC3CC3)n2)cc1. The molecule has 1 saturated carbocycles. The molecule has 0 amide bonds. The average molecular weight is 316 g/mol. The van der Waals surface area contributed by atoms with Crippen LogP contribution >= 0.6 is 0 Å². The zero-order valence-corrected chi connectivity index (χ0v) is 13.5. The van der Waals surface area contributed by atoms with Crippen LogP contribution in [0.15, 0.2) is 72.9 Å². The van der Waals surface area contributed by atoms with E-state index >= 15 is 0 Å². The molecule has 1 aliphatic rings. The van der Waals surface area contributed by atoms with Crippen LogP contribution in [0.4, 0.5) is 17.5 Å². The Morgan fingerprint density at radius 3 is 2.33 bits per heavy atom. The number of nitrogens with zero attached hydrogens (tertiary/aromatic N) is 3. The van der Waals surface area contributed by atoms with Crippen molar-refractivity contribution in [3.8, 4) is 0 Å². The zero-order chi connectivity index (χ0) is 16.2. The molecular weight excluding hydrogens is 296 g/mol. The fourth-order valence-corrected chi connectivity index (χ4v) is 2.66. The maximum atomic E-state index is 4.73. The van der Waals surface area contributed by atoms with Crippen molar-refractivity contribution in [1.82, 2.24) is 9.97 Å². The molecule has 0 saturated heterocycles. The molecule has 0 aliphatic heterocycles. The van der Waals surface area contributed by atoms with E-state index in [1.165, 1.54) is 18.4 Å². The molecule has 1 heterocycles. The Bertz CT molecular complexity index is 785. The highest BCUT2D eigenvalue weighted by atomic mass is 15.2. The van der Waals surface area contributed by atoms with E-state index in [1.54, 1.807) is 0 Å². The van der Waals surface area contributed by atoms with Crippen LogP contribution in [0, 0.1) is 0 Å². The topological polar surface area (TPSA) is 41.1 Å². The molecule has 3 aromatic rings. The van der Waals surface area contributed by atoms with Gasteiger partial charge in [-0.1, -0.05) is 48.5 Å². The number of hydrogen-bond acceptors (Lipinski definition) is 4. The van der Waals surface area contributed by atoms with E-state index in [4.69, 9.17) is 4.98 Å². The number of nitrogens with one attached hydrogen (secondary N) is 1. The summed E-state index contributed by atoms with van der Waals surface area (Å²) < 4.78 is 0. The Morgan fingerprint density at radius 1 is 0.917 bits per heavy atom. The molecule has 4 heteroatoms. The fourth-order valence-electron chi connectivity index (χ4n) is 2.66. The second-order valence-electron chi connectivity index (χ2n) is 6.06. The second kappa shape index (κ2) is 6.71. The number of benzene rings is 2. The summed E-state index contributed by atoms with van der Waals surface area (Å²) in [6.07, 6.45) is 4.24. The van der Waals surface area contributed by atoms with Crippen molar-refractivity contribution in [2.24, 2.45) is 0 Å². The van der Waals surface area contributed by atoms with E-state index in [-0.39, 0.29) is 0 Å². The van der Waals surface area contributed by atoms with E-state index in [0.29, 0.717) is 12.0 Å². The molecular formula is C20H20N4. The molecule has 0 unspecified atom stereocenters. The van der Waals surface area contributed by atoms with Crippen LogP contribution in [-0.4, -0.2) is 16.0 Å². The lowest BCUT2D eigenvalue weighted by Crippen LogP contribution is -2.18. The molecule has 0 atom stereocenters. The van der Waals surface area contributed by atoms with Crippen molar-refractivity contribution in [1.29, 1.82) is 0 Å². The summed E-state index contributed by atoms with van der Waals surface area (Å²) >= 11 is 0. The first-order chi connectivity index (χ1) is 11.9. The Balaban J connectivity index is 1.66. The average Bonchev–Trinajstić information content (AvgIpc) is 3.45. The Labute approximate surface area is 142 Å². The minimum Gasteiger partial charge on any atom is -0.351 e. The highest BCUT2D eigenvalue weighted by molar-refractivity contribution is 5.60. The van der Waals surface area contributed by atoms with Crippen molar-refractivity contribution in [3.05, 3.63) is 78.5 Å². The molecule has 0 spiro atoms. The predicted molar refractivity (Wildman–Crippen MR) is 97.4 cm³/mol. The van der Waals surface area contributed by atoms with Crippen molar-refractivity contribution >= 4 is 17.5 Å². The molecule has 24 heavy (non-hydrogen) atoms. The number of aromatic nitrogens is 2. The third kappa shape index (κ3) is 3.54. The highest BCUT2D eigenvalue weighted by Gasteiger charge is 2.22. The van der Waals surface area contributed by atoms with Gasteiger partial charge in [-0.15, -0.1) is 0 Å². The van der Waals surface area contributed by atoms with Gasteiger partial charge in [-0.05, 0) is 36.6 Å². The Kier molecular flexibility index (Phi) is 4.11. The van der Waals surface area contributed by atoms with Gasteiger partial charge in [0.25, 0.3) is 0 Å². The summed E-state index contributed by atoms with van der Waals surface area (Å²) in [7, 11) is 0. The van der Waals surface area contributed by atoms with E-state index < -0.39 is 0 Å². The van der Waals surface area contributed by atoms with Gasteiger partial charge in [-0.2, -0.15) is 4.98 Å². The minimum absolute atomic E-state index is 0.541. The Hall–Kier alpha value is -2.88. The van der Waals surface area contributed by atoms with E-state index in [2.05, 4.69) is 63.7 Å². The smallest absolute Gasteiger partial charge is 0.224 e. The summed E-state index contributed by atoms with van der Waals surface area (Å²) in [5.41, 5.74) is 2.37. The van der Waals surface area contributed by atoms with Crippen LogP contribution in [0.3, 0.4) is 0 Å². The summed E-state index contributed by atoms with van der Waals surface area (Å²) in [6, 6.07) is 23.3. The predicted octanol–water partition coefficient (Wildman–Crippen LogP) is 4.39. The highest BCUT2D eigenvalue weighted by Crippen LogP contribution is 2.28. The molecule has 1 aliphatic carbocycles. The summed E-state index contributed by atoms with van der Waals surface area (Å²) in [5.74, 6) is 1.62. The molecule has 4 rings (SSSR count). The third-order valence-electron chi connectivity index (χ3n) is 4.08. The molecule has 1 aromatic heterocycles. The van der Waals surface area contributed by atoms with E-state index in [9.17, 15) is 0 Å². The lowest BCUT2D eigenvalue weighted by atomic mass is 10.2. The van der Waals surface area contributed by atoms with Gasteiger partial charge in [0.2, 0.25) is 5.95 Å². The molecule has 2 aromatic carbocycles. The van der Waals surface area contributed by atoms with Gasteiger partial charge >= 0.3 is 0 Å². The maximum absolute atomic E-state index is 4.73. The van der Waals surface area contributed by atoms with E-state index in [0.717, 1.165) is 18.1 Å². The number of hydrogen-bond donors (Lipinski definition) is 1. The number of rotatable bonds is 6.